The molecule has 7 nitrogen and oxygen atoms in total. The highest BCUT2D eigenvalue weighted by molar-refractivity contribution is 5.93. The molecule has 7 heteroatoms. The predicted octanol–water partition coefficient (Wildman–Crippen LogP) is 1.82. The zero-order valence-corrected chi connectivity index (χ0v) is 13.4. The average molecular weight is 324 g/mol. The van der Waals surface area contributed by atoms with Crippen LogP contribution >= 0.6 is 0 Å². The van der Waals surface area contributed by atoms with Crippen LogP contribution in [0.5, 0.6) is 0 Å². The van der Waals surface area contributed by atoms with E-state index in [2.05, 4.69) is 36.7 Å². The largest absolute Gasteiger partial charge is 0.326 e. The van der Waals surface area contributed by atoms with Crippen molar-refractivity contribution >= 4 is 22.5 Å². The number of fused-ring (bicyclic) bond motifs is 2. The van der Waals surface area contributed by atoms with E-state index in [-0.39, 0.29) is 5.91 Å². The maximum atomic E-state index is 12.2. The number of aryl methyl sites for hydroxylation is 2. The maximum Gasteiger partial charge on any atom is 0.224 e. The lowest BCUT2D eigenvalue weighted by Crippen LogP contribution is -2.13. The average Bonchev–Trinajstić information content (AvgIpc) is 3.14. The standard InChI is InChI=1S/C17H20N6O/c24-17(20-13-3-2-12-10-19-21-16(12)9-13)5-4-14-8-15-11-18-6-1-7-23(15)22-14/h2-3,8-10,18H,1,4-7,11H2,(H,19,21)(H,20,24). The van der Waals surface area contributed by atoms with Crippen molar-refractivity contribution in [2.45, 2.75) is 32.4 Å². The van der Waals surface area contributed by atoms with Crippen molar-refractivity contribution in [3.63, 3.8) is 0 Å². The Bertz CT molecular complexity index is 841. The second-order valence-electron chi connectivity index (χ2n) is 6.10. The van der Waals surface area contributed by atoms with Gasteiger partial charge in [0, 0.05) is 37.0 Å². The number of benzene rings is 1. The summed E-state index contributed by atoms with van der Waals surface area (Å²) >= 11 is 0. The fourth-order valence-corrected chi connectivity index (χ4v) is 3.02. The van der Waals surface area contributed by atoms with Gasteiger partial charge in [0.25, 0.3) is 0 Å². The molecule has 3 aromatic rings. The Morgan fingerprint density at radius 3 is 3.25 bits per heavy atom. The molecule has 0 aliphatic carbocycles. The van der Waals surface area contributed by atoms with Crippen LogP contribution in [-0.2, 0) is 24.3 Å². The van der Waals surface area contributed by atoms with Gasteiger partial charge in [-0.25, -0.2) is 0 Å². The van der Waals surface area contributed by atoms with Crippen LogP contribution in [0.1, 0.15) is 24.2 Å². The summed E-state index contributed by atoms with van der Waals surface area (Å²) < 4.78 is 2.05. The number of nitrogens with zero attached hydrogens (tertiary/aromatic N) is 3. The van der Waals surface area contributed by atoms with E-state index in [1.165, 1.54) is 5.69 Å². The summed E-state index contributed by atoms with van der Waals surface area (Å²) in [6.45, 7) is 2.82. The summed E-state index contributed by atoms with van der Waals surface area (Å²) in [5.74, 6) is -0.00446. The van der Waals surface area contributed by atoms with Crippen molar-refractivity contribution in [1.29, 1.82) is 0 Å². The van der Waals surface area contributed by atoms with Crippen molar-refractivity contribution in [3.05, 3.63) is 41.9 Å². The maximum absolute atomic E-state index is 12.2. The molecule has 4 rings (SSSR count). The topological polar surface area (TPSA) is 87.6 Å². The number of aromatic nitrogens is 4. The first kappa shape index (κ1) is 14.9. The zero-order chi connectivity index (χ0) is 16.4. The molecule has 3 heterocycles. The first-order valence-corrected chi connectivity index (χ1v) is 8.27. The van der Waals surface area contributed by atoms with Crippen LogP contribution in [0, 0.1) is 0 Å². The molecular formula is C17H20N6O. The van der Waals surface area contributed by atoms with Gasteiger partial charge in [-0.2, -0.15) is 10.2 Å². The number of anilines is 1. The number of hydrogen-bond acceptors (Lipinski definition) is 4. The zero-order valence-electron chi connectivity index (χ0n) is 13.4. The number of amides is 1. The first-order valence-electron chi connectivity index (χ1n) is 8.27. The number of H-pyrrole nitrogens is 1. The van der Waals surface area contributed by atoms with Gasteiger partial charge in [0.2, 0.25) is 5.91 Å². The second-order valence-corrected chi connectivity index (χ2v) is 6.10. The molecule has 0 unspecified atom stereocenters. The van der Waals surface area contributed by atoms with E-state index < -0.39 is 0 Å². The van der Waals surface area contributed by atoms with E-state index in [0.29, 0.717) is 12.8 Å². The SMILES string of the molecule is O=C(CCc1cc2n(n1)CCCNC2)Nc1ccc2cn[nH]c2c1. The van der Waals surface area contributed by atoms with Crippen LogP contribution in [-0.4, -0.2) is 32.4 Å². The van der Waals surface area contributed by atoms with Crippen LogP contribution in [0.15, 0.2) is 30.5 Å². The van der Waals surface area contributed by atoms with Crippen molar-refractivity contribution in [3.8, 4) is 0 Å². The van der Waals surface area contributed by atoms with Gasteiger partial charge in [-0.3, -0.25) is 14.6 Å². The van der Waals surface area contributed by atoms with Gasteiger partial charge < -0.3 is 10.6 Å². The lowest BCUT2D eigenvalue weighted by atomic mass is 10.2. The molecule has 0 bridgehead atoms. The van der Waals surface area contributed by atoms with Crippen molar-refractivity contribution in [2.75, 3.05) is 11.9 Å². The summed E-state index contributed by atoms with van der Waals surface area (Å²) in [7, 11) is 0. The monoisotopic (exact) mass is 324 g/mol. The van der Waals surface area contributed by atoms with Gasteiger partial charge in [0.15, 0.2) is 0 Å². The van der Waals surface area contributed by atoms with Crippen molar-refractivity contribution < 1.29 is 4.79 Å². The molecule has 0 atom stereocenters. The summed E-state index contributed by atoms with van der Waals surface area (Å²) in [6.07, 6.45) is 3.92. The minimum absolute atomic E-state index is 0.00446. The van der Waals surface area contributed by atoms with Gasteiger partial charge in [-0.15, -0.1) is 0 Å². The summed E-state index contributed by atoms with van der Waals surface area (Å²) in [5, 5.41) is 18.8. The Labute approximate surface area is 139 Å². The van der Waals surface area contributed by atoms with Crippen LogP contribution < -0.4 is 10.6 Å². The number of aromatic amines is 1. The fourth-order valence-electron chi connectivity index (χ4n) is 3.02. The Hall–Kier alpha value is -2.67. The molecule has 1 aromatic carbocycles. The smallest absolute Gasteiger partial charge is 0.224 e. The number of rotatable bonds is 4. The lowest BCUT2D eigenvalue weighted by molar-refractivity contribution is -0.116. The Kier molecular flexibility index (Phi) is 4.00. The number of carbonyl (C=O) groups is 1. The van der Waals surface area contributed by atoms with E-state index in [1.807, 2.05) is 18.2 Å². The van der Waals surface area contributed by atoms with E-state index in [4.69, 9.17) is 0 Å². The number of nitrogens with one attached hydrogen (secondary N) is 3. The normalized spacial score (nSPS) is 14.3. The van der Waals surface area contributed by atoms with Crippen LogP contribution in [0.2, 0.25) is 0 Å². The minimum atomic E-state index is -0.00446. The number of carbonyl (C=O) groups excluding carboxylic acids is 1. The van der Waals surface area contributed by atoms with E-state index >= 15 is 0 Å². The molecule has 3 N–H and O–H groups in total. The predicted molar refractivity (Wildman–Crippen MR) is 91.6 cm³/mol. The fraction of sp³-hybridized carbons (Fsp3) is 0.353. The Balaban J connectivity index is 1.36. The van der Waals surface area contributed by atoms with E-state index in [0.717, 1.165) is 48.3 Å². The molecule has 0 radical (unpaired) electrons. The van der Waals surface area contributed by atoms with Crippen molar-refractivity contribution in [1.82, 2.24) is 25.3 Å². The van der Waals surface area contributed by atoms with Gasteiger partial charge in [0.1, 0.15) is 0 Å². The second kappa shape index (κ2) is 6.45. The van der Waals surface area contributed by atoms with Gasteiger partial charge >= 0.3 is 0 Å². The molecule has 124 valence electrons. The minimum Gasteiger partial charge on any atom is -0.326 e. The molecule has 1 aliphatic rings. The van der Waals surface area contributed by atoms with Crippen LogP contribution in [0.25, 0.3) is 10.9 Å². The molecule has 2 aromatic heterocycles. The highest BCUT2D eigenvalue weighted by atomic mass is 16.1. The molecular weight excluding hydrogens is 304 g/mol. The first-order chi connectivity index (χ1) is 11.8. The molecule has 1 amide bonds. The van der Waals surface area contributed by atoms with E-state index in [1.54, 1.807) is 6.20 Å². The number of hydrogen-bond donors (Lipinski definition) is 3. The molecule has 24 heavy (non-hydrogen) atoms. The van der Waals surface area contributed by atoms with Crippen LogP contribution in [0.4, 0.5) is 5.69 Å². The highest BCUT2D eigenvalue weighted by Crippen LogP contribution is 2.17. The van der Waals surface area contributed by atoms with Crippen molar-refractivity contribution in [2.24, 2.45) is 0 Å². The summed E-state index contributed by atoms with van der Waals surface area (Å²) in [5.41, 5.74) is 3.88. The molecule has 0 fully saturated rings. The quantitative estimate of drug-likeness (QED) is 0.683. The van der Waals surface area contributed by atoms with Crippen LogP contribution in [0.3, 0.4) is 0 Å². The van der Waals surface area contributed by atoms with E-state index in [9.17, 15) is 4.79 Å². The van der Waals surface area contributed by atoms with Gasteiger partial charge in [-0.05, 0) is 37.2 Å². The molecule has 0 saturated carbocycles. The Morgan fingerprint density at radius 2 is 2.29 bits per heavy atom. The molecule has 0 spiro atoms. The Morgan fingerprint density at radius 1 is 1.33 bits per heavy atom. The molecule has 1 aliphatic heterocycles. The third kappa shape index (κ3) is 3.16. The third-order valence-electron chi connectivity index (χ3n) is 4.28. The lowest BCUT2D eigenvalue weighted by Gasteiger charge is -2.04. The summed E-state index contributed by atoms with van der Waals surface area (Å²) in [4.78, 5) is 12.2. The molecule has 0 saturated heterocycles. The van der Waals surface area contributed by atoms with Gasteiger partial charge in [-0.1, -0.05) is 0 Å². The summed E-state index contributed by atoms with van der Waals surface area (Å²) in [6, 6.07) is 7.82. The third-order valence-corrected chi connectivity index (χ3v) is 4.28. The van der Waals surface area contributed by atoms with Gasteiger partial charge in [0.05, 0.1) is 23.1 Å². The highest BCUT2D eigenvalue weighted by Gasteiger charge is 2.12.